The lowest BCUT2D eigenvalue weighted by Crippen LogP contribution is -2.34. The minimum Gasteiger partial charge on any atom is -0.331 e. The first-order valence-corrected chi connectivity index (χ1v) is 7.11. The fourth-order valence-corrected chi connectivity index (χ4v) is 3.27. The van der Waals surface area contributed by atoms with Gasteiger partial charge in [-0.15, -0.1) is 0 Å². The zero-order valence-corrected chi connectivity index (χ0v) is 11.8. The highest BCUT2D eigenvalue weighted by Gasteiger charge is 2.19. The van der Waals surface area contributed by atoms with Crippen molar-refractivity contribution in [3.05, 3.63) is 28.8 Å². The maximum Gasteiger partial charge on any atom is 0.178 e. The topological polar surface area (TPSA) is 24.0 Å². The van der Waals surface area contributed by atoms with Gasteiger partial charge in [0.25, 0.3) is 0 Å². The largest absolute Gasteiger partial charge is 0.331 e. The maximum atomic E-state index is 13.4. The Hall–Kier alpha value is -1.20. The van der Waals surface area contributed by atoms with Crippen molar-refractivity contribution in [2.75, 3.05) is 20.1 Å². The van der Waals surface area contributed by atoms with Crippen LogP contribution in [0.4, 0.5) is 4.39 Å². The molecule has 5 heteroatoms. The lowest BCUT2D eigenvalue weighted by Gasteiger charge is -2.29. The first-order valence-electron chi connectivity index (χ1n) is 6.70. The zero-order chi connectivity index (χ0) is 13.4. The first kappa shape index (κ1) is 12.8. The van der Waals surface area contributed by atoms with Gasteiger partial charge in [-0.3, -0.25) is 0 Å². The summed E-state index contributed by atoms with van der Waals surface area (Å²) < 4.78 is 16.1. The molecule has 1 aliphatic heterocycles. The van der Waals surface area contributed by atoms with Crippen LogP contribution in [0.2, 0.25) is 0 Å². The second kappa shape index (κ2) is 5.06. The number of likely N-dealkylation sites (tertiary alicyclic amines) is 1. The van der Waals surface area contributed by atoms with Crippen LogP contribution in [-0.2, 0) is 6.54 Å². The fourth-order valence-electron chi connectivity index (χ4n) is 2.99. The van der Waals surface area contributed by atoms with Crippen molar-refractivity contribution in [3.63, 3.8) is 0 Å². The molecule has 1 unspecified atom stereocenters. The molecule has 1 N–H and O–H groups in total. The van der Waals surface area contributed by atoms with Gasteiger partial charge in [-0.05, 0) is 62.8 Å². The van der Waals surface area contributed by atoms with Gasteiger partial charge in [0, 0.05) is 13.1 Å². The molecule has 1 aliphatic rings. The smallest absolute Gasteiger partial charge is 0.178 e. The number of fused-ring (bicyclic) bond motifs is 1. The van der Waals surface area contributed by atoms with E-state index < -0.39 is 0 Å². The highest BCUT2D eigenvalue weighted by atomic mass is 32.1. The molecule has 0 amide bonds. The van der Waals surface area contributed by atoms with Gasteiger partial charge < -0.3 is 14.5 Å². The Morgan fingerprint density at radius 1 is 1.47 bits per heavy atom. The monoisotopic (exact) mass is 279 g/mol. The minimum atomic E-state index is -0.212. The quantitative estimate of drug-likeness (QED) is 0.854. The first-order chi connectivity index (χ1) is 9.13. The zero-order valence-electron chi connectivity index (χ0n) is 11.0. The molecular weight excluding hydrogens is 261 g/mol. The van der Waals surface area contributed by atoms with E-state index in [-0.39, 0.29) is 5.82 Å². The van der Waals surface area contributed by atoms with Crippen molar-refractivity contribution in [2.24, 2.45) is 5.92 Å². The maximum absolute atomic E-state index is 13.4. The molecule has 2 heterocycles. The standard InChI is InChI=1S/C14H18FN3S/c1-17-6-2-3-10(8-17)9-18-13-7-11(15)4-5-12(13)16-14(18)19/h4-5,7,10H,2-3,6,8-9H2,1H3,(H,16,19). The van der Waals surface area contributed by atoms with Gasteiger partial charge in [0.15, 0.2) is 4.77 Å². The minimum absolute atomic E-state index is 0.212. The molecule has 1 aromatic carbocycles. The van der Waals surface area contributed by atoms with Crippen molar-refractivity contribution in [1.29, 1.82) is 0 Å². The summed E-state index contributed by atoms with van der Waals surface area (Å²) in [5, 5.41) is 0. The number of piperidine rings is 1. The van der Waals surface area contributed by atoms with E-state index in [0.29, 0.717) is 10.7 Å². The molecule has 1 fully saturated rings. The number of aromatic amines is 1. The molecule has 102 valence electrons. The molecule has 1 saturated heterocycles. The van der Waals surface area contributed by atoms with Gasteiger partial charge in [0.2, 0.25) is 0 Å². The number of nitrogens with one attached hydrogen (secondary N) is 1. The Balaban J connectivity index is 1.93. The molecular formula is C14H18FN3S. The van der Waals surface area contributed by atoms with Crippen molar-refractivity contribution in [1.82, 2.24) is 14.5 Å². The summed E-state index contributed by atoms with van der Waals surface area (Å²) in [6.45, 7) is 3.13. The number of nitrogens with zero attached hydrogens (tertiary/aromatic N) is 2. The van der Waals surface area contributed by atoms with Crippen molar-refractivity contribution in [3.8, 4) is 0 Å². The van der Waals surface area contributed by atoms with Gasteiger partial charge in [-0.25, -0.2) is 4.39 Å². The number of rotatable bonds is 2. The van der Waals surface area contributed by atoms with Crippen LogP contribution < -0.4 is 0 Å². The Labute approximate surface area is 117 Å². The fraction of sp³-hybridized carbons (Fsp3) is 0.500. The van der Waals surface area contributed by atoms with E-state index >= 15 is 0 Å². The molecule has 0 spiro atoms. The molecule has 3 nitrogen and oxygen atoms in total. The van der Waals surface area contributed by atoms with E-state index in [0.717, 1.165) is 24.1 Å². The van der Waals surface area contributed by atoms with Crippen LogP contribution in [0.3, 0.4) is 0 Å². The van der Waals surface area contributed by atoms with E-state index in [1.54, 1.807) is 12.1 Å². The highest BCUT2D eigenvalue weighted by molar-refractivity contribution is 7.71. The predicted molar refractivity (Wildman–Crippen MR) is 77.3 cm³/mol. The number of imidazole rings is 1. The van der Waals surface area contributed by atoms with Crippen LogP contribution in [0.1, 0.15) is 12.8 Å². The van der Waals surface area contributed by atoms with Gasteiger partial charge >= 0.3 is 0 Å². The Kier molecular flexibility index (Phi) is 3.41. The van der Waals surface area contributed by atoms with E-state index in [1.807, 2.05) is 4.57 Å². The second-order valence-electron chi connectivity index (χ2n) is 5.47. The van der Waals surface area contributed by atoms with Crippen molar-refractivity contribution >= 4 is 23.3 Å². The van der Waals surface area contributed by atoms with Crippen LogP contribution in [0.25, 0.3) is 11.0 Å². The van der Waals surface area contributed by atoms with E-state index in [4.69, 9.17) is 12.2 Å². The number of hydrogen-bond acceptors (Lipinski definition) is 2. The van der Waals surface area contributed by atoms with Gasteiger partial charge in [-0.2, -0.15) is 0 Å². The van der Waals surface area contributed by atoms with Gasteiger partial charge in [-0.1, -0.05) is 0 Å². The third-order valence-corrected chi connectivity index (χ3v) is 4.22. The predicted octanol–water partition coefficient (Wildman–Crippen LogP) is 3.18. The summed E-state index contributed by atoms with van der Waals surface area (Å²) in [5.74, 6) is 0.378. The summed E-state index contributed by atoms with van der Waals surface area (Å²) >= 11 is 5.37. The Bertz CT molecular complexity index is 646. The van der Waals surface area contributed by atoms with Crippen LogP contribution in [-0.4, -0.2) is 34.6 Å². The Morgan fingerprint density at radius 3 is 3.11 bits per heavy atom. The molecule has 1 aromatic heterocycles. The molecule has 0 radical (unpaired) electrons. The summed E-state index contributed by atoms with van der Waals surface area (Å²) in [6, 6.07) is 4.78. The number of aromatic nitrogens is 2. The lowest BCUT2D eigenvalue weighted by atomic mass is 9.98. The van der Waals surface area contributed by atoms with Crippen LogP contribution in [0.5, 0.6) is 0 Å². The molecule has 3 rings (SSSR count). The summed E-state index contributed by atoms with van der Waals surface area (Å²) in [4.78, 5) is 5.51. The van der Waals surface area contributed by atoms with Crippen LogP contribution in [0, 0.1) is 16.5 Å². The highest BCUT2D eigenvalue weighted by Crippen LogP contribution is 2.21. The third-order valence-electron chi connectivity index (χ3n) is 3.90. The number of benzene rings is 1. The normalized spacial score (nSPS) is 21.1. The second-order valence-corrected chi connectivity index (χ2v) is 5.86. The van der Waals surface area contributed by atoms with E-state index in [9.17, 15) is 4.39 Å². The molecule has 2 aromatic rings. The average molecular weight is 279 g/mol. The Morgan fingerprint density at radius 2 is 2.32 bits per heavy atom. The summed E-state index contributed by atoms with van der Waals surface area (Å²) in [5.41, 5.74) is 1.79. The van der Waals surface area contributed by atoms with Gasteiger partial charge in [0.05, 0.1) is 11.0 Å². The van der Waals surface area contributed by atoms with E-state index in [1.165, 1.54) is 25.5 Å². The van der Waals surface area contributed by atoms with E-state index in [2.05, 4.69) is 16.9 Å². The van der Waals surface area contributed by atoms with Crippen molar-refractivity contribution in [2.45, 2.75) is 19.4 Å². The average Bonchev–Trinajstić information content (AvgIpc) is 2.66. The summed E-state index contributed by atoms with van der Waals surface area (Å²) in [7, 11) is 2.15. The van der Waals surface area contributed by atoms with Crippen molar-refractivity contribution < 1.29 is 4.39 Å². The molecule has 1 atom stereocenters. The SMILES string of the molecule is CN1CCCC(Cn2c(=S)[nH]c3ccc(F)cc32)C1. The molecule has 0 saturated carbocycles. The molecule has 0 bridgehead atoms. The molecule has 0 aliphatic carbocycles. The van der Waals surface area contributed by atoms with Crippen LogP contribution >= 0.6 is 12.2 Å². The van der Waals surface area contributed by atoms with Crippen LogP contribution in [0.15, 0.2) is 18.2 Å². The van der Waals surface area contributed by atoms with Gasteiger partial charge in [0.1, 0.15) is 5.82 Å². The number of H-pyrrole nitrogens is 1. The lowest BCUT2D eigenvalue weighted by molar-refractivity contribution is 0.195. The number of hydrogen-bond donors (Lipinski definition) is 1. The summed E-state index contributed by atoms with van der Waals surface area (Å²) in [6.07, 6.45) is 2.44. The third kappa shape index (κ3) is 2.58. The number of halogens is 1. The molecule has 19 heavy (non-hydrogen) atoms.